The van der Waals surface area contributed by atoms with Crippen molar-refractivity contribution in [2.24, 2.45) is 5.73 Å². The molecule has 0 spiro atoms. The van der Waals surface area contributed by atoms with Crippen LogP contribution in [0.1, 0.15) is 57.6 Å². The van der Waals surface area contributed by atoms with Crippen LogP contribution in [0.4, 0.5) is 23.1 Å². The Bertz CT molecular complexity index is 1730. The van der Waals surface area contributed by atoms with Crippen molar-refractivity contribution in [3.8, 4) is 5.75 Å². The van der Waals surface area contributed by atoms with E-state index in [0.717, 1.165) is 24.0 Å². The highest BCUT2D eigenvalue weighted by atomic mass is 35.5. The lowest BCUT2D eigenvalue weighted by Gasteiger charge is -2.33. The number of aryl methyl sites for hydroxylation is 1. The van der Waals surface area contributed by atoms with Crippen molar-refractivity contribution in [2.45, 2.75) is 69.6 Å². The van der Waals surface area contributed by atoms with Crippen molar-refractivity contribution in [1.82, 2.24) is 14.9 Å². The number of benzene rings is 2. The Morgan fingerprint density at radius 1 is 1.02 bits per heavy atom. The maximum atomic E-state index is 13.0. The van der Waals surface area contributed by atoms with Crippen LogP contribution < -0.4 is 21.1 Å². The van der Waals surface area contributed by atoms with Gasteiger partial charge in [0.25, 0.3) is 0 Å². The average molecular weight is 717 g/mol. The fourth-order valence-corrected chi connectivity index (χ4v) is 6.75. The molecule has 15 heteroatoms. The highest BCUT2D eigenvalue weighted by Crippen LogP contribution is 2.38. The number of sulfone groups is 1. The maximum Gasteiger partial charge on any atom is 0.248 e. The number of nitrogens with two attached hydrogens (primary N) is 1. The van der Waals surface area contributed by atoms with Crippen LogP contribution in [0.3, 0.4) is 0 Å². The molecule has 4 rings (SSSR count). The van der Waals surface area contributed by atoms with Crippen LogP contribution in [0.15, 0.2) is 47.5 Å². The van der Waals surface area contributed by atoms with Gasteiger partial charge >= 0.3 is 0 Å². The molecule has 0 aliphatic carbocycles. The highest BCUT2D eigenvalue weighted by Gasteiger charge is 2.27. The van der Waals surface area contributed by atoms with Crippen LogP contribution >= 0.6 is 11.6 Å². The Morgan fingerprint density at radius 3 is 2.35 bits per heavy atom. The van der Waals surface area contributed by atoms with E-state index in [2.05, 4.69) is 20.6 Å². The van der Waals surface area contributed by atoms with E-state index < -0.39 is 21.0 Å². The third-order valence-electron chi connectivity index (χ3n) is 7.92. The third-order valence-corrected chi connectivity index (χ3v) is 10.4. The molecule has 0 radical (unpaired) electrons. The average Bonchev–Trinajstić information content (AvgIpc) is 3.05. The number of hydrogen-bond donors (Lipinski definition) is 3. The molecule has 0 atom stereocenters. The summed E-state index contributed by atoms with van der Waals surface area (Å²) in [6.07, 6.45) is 2.90. The van der Waals surface area contributed by atoms with Crippen LogP contribution in [0.5, 0.6) is 5.75 Å². The summed E-state index contributed by atoms with van der Waals surface area (Å²) in [5, 5.41) is 5.96. The second kappa shape index (κ2) is 17.1. The molecule has 4 N–H and O–H groups in total. The summed E-state index contributed by atoms with van der Waals surface area (Å²) in [5.74, 6) is 0.694. The van der Waals surface area contributed by atoms with Gasteiger partial charge in [-0.05, 0) is 88.8 Å². The van der Waals surface area contributed by atoms with Crippen molar-refractivity contribution in [1.29, 1.82) is 0 Å². The number of carbonyl (C=O) groups excluding carboxylic acids is 2. The number of anilines is 4. The summed E-state index contributed by atoms with van der Waals surface area (Å²) in [4.78, 5) is 34.3. The summed E-state index contributed by atoms with van der Waals surface area (Å²) in [7, 11) is -3.57. The van der Waals surface area contributed by atoms with Gasteiger partial charge in [0, 0.05) is 13.1 Å². The Labute approximate surface area is 292 Å². The number of likely N-dealkylation sites (tertiary alicyclic amines) is 1. The predicted molar refractivity (Wildman–Crippen MR) is 189 cm³/mol. The highest BCUT2D eigenvalue weighted by molar-refractivity contribution is 7.92. The number of ether oxygens (including phenoxy) is 3. The van der Waals surface area contributed by atoms with Gasteiger partial charge in [0.1, 0.15) is 24.0 Å². The van der Waals surface area contributed by atoms with Crippen LogP contribution in [-0.2, 0) is 28.9 Å². The summed E-state index contributed by atoms with van der Waals surface area (Å²) >= 11 is 6.45. The van der Waals surface area contributed by atoms with Gasteiger partial charge in [-0.3, -0.25) is 9.59 Å². The van der Waals surface area contributed by atoms with Crippen LogP contribution in [0.25, 0.3) is 0 Å². The maximum absolute atomic E-state index is 13.0. The molecular formula is C34H45ClN6O7S. The summed E-state index contributed by atoms with van der Waals surface area (Å²) in [6, 6.07) is 10.7. The van der Waals surface area contributed by atoms with Crippen molar-refractivity contribution in [3.05, 3.63) is 58.7 Å². The van der Waals surface area contributed by atoms with E-state index in [9.17, 15) is 18.0 Å². The third kappa shape index (κ3) is 10.3. The lowest BCUT2D eigenvalue weighted by atomic mass is 9.86. The summed E-state index contributed by atoms with van der Waals surface area (Å²) in [6.45, 7) is 10.5. The van der Waals surface area contributed by atoms with E-state index in [-0.39, 0.29) is 66.0 Å². The molecule has 49 heavy (non-hydrogen) atoms. The van der Waals surface area contributed by atoms with Gasteiger partial charge in [0.05, 0.1) is 47.0 Å². The van der Waals surface area contributed by atoms with Gasteiger partial charge in [0.15, 0.2) is 15.7 Å². The zero-order valence-corrected chi connectivity index (χ0v) is 30.1. The number of halogens is 1. The van der Waals surface area contributed by atoms with Crippen molar-refractivity contribution in [3.63, 3.8) is 0 Å². The molecule has 0 unspecified atom stereocenters. The molecule has 2 heterocycles. The first-order valence-electron chi connectivity index (χ1n) is 16.2. The Hall–Kier alpha value is -3.98. The predicted octanol–water partition coefficient (Wildman–Crippen LogP) is 5.12. The van der Waals surface area contributed by atoms with E-state index in [0.29, 0.717) is 30.2 Å². The molecule has 0 bridgehead atoms. The standard InChI is InChI=1S/C34H45ClN6O7S/c1-21(2)48-29-17-25(24-10-12-41(13-11-24)32(43)20-47-15-14-46-19-31(36)42)23(5)16-28(29)39-34-37-18-26(35)33(40-34)38-27-8-6-7-9-30(27)49(44,45)22(3)4/h6-9,16-18,21-22,24H,10-15,19-20H2,1-5H3,(H2,36,42)(H2,37,38,39,40). The SMILES string of the molecule is Cc1cc(Nc2ncc(Cl)c(Nc3ccccc3S(=O)(=O)C(C)C)n2)c(OC(C)C)cc1C1CCN(C(=O)COCCOCC(N)=O)CC1. The van der Waals surface area contributed by atoms with Gasteiger partial charge in [-0.2, -0.15) is 4.98 Å². The topological polar surface area (TPSA) is 175 Å². The van der Waals surface area contributed by atoms with E-state index >= 15 is 0 Å². The number of aromatic nitrogens is 2. The van der Waals surface area contributed by atoms with Crippen LogP contribution in [-0.4, -0.2) is 86.0 Å². The fraction of sp³-hybridized carbons (Fsp3) is 0.471. The molecule has 3 aromatic rings. The number of amides is 2. The smallest absolute Gasteiger partial charge is 0.248 e. The first-order valence-corrected chi connectivity index (χ1v) is 18.1. The zero-order chi connectivity index (χ0) is 35.7. The Morgan fingerprint density at radius 2 is 1.69 bits per heavy atom. The van der Waals surface area contributed by atoms with E-state index in [1.165, 1.54) is 6.20 Å². The minimum Gasteiger partial charge on any atom is -0.489 e. The molecule has 1 aromatic heterocycles. The second-order valence-electron chi connectivity index (χ2n) is 12.3. The number of rotatable bonds is 16. The molecule has 1 aliphatic heterocycles. The van der Waals surface area contributed by atoms with Crippen molar-refractivity contribution < 1.29 is 32.2 Å². The fourth-order valence-electron chi connectivity index (χ4n) is 5.41. The lowest BCUT2D eigenvalue weighted by Crippen LogP contribution is -2.40. The number of primary amides is 1. The van der Waals surface area contributed by atoms with E-state index in [4.69, 9.17) is 31.5 Å². The second-order valence-corrected chi connectivity index (χ2v) is 15.2. The first kappa shape index (κ1) is 37.8. The number of hydrogen-bond acceptors (Lipinski definition) is 11. The lowest BCUT2D eigenvalue weighted by molar-refractivity contribution is -0.138. The van der Waals surface area contributed by atoms with E-state index in [1.54, 1.807) is 43.0 Å². The molecule has 13 nitrogen and oxygen atoms in total. The summed E-state index contributed by atoms with van der Waals surface area (Å²) < 4.78 is 42.7. The molecule has 266 valence electrons. The van der Waals surface area contributed by atoms with Gasteiger partial charge in [0.2, 0.25) is 17.8 Å². The monoisotopic (exact) mass is 716 g/mol. The molecule has 1 saturated heterocycles. The molecule has 0 saturated carbocycles. The van der Waals surface area contributed by atoms with Crippen molar-refractivity contribution in [2.75, 3.05) is 50.2 Å². The normalized spacial score (nSPS) is 13.9. The van der Waals surface area contributed by atoms with Gasteiger partial charge in [-0.15, -0.1) is 0 Å². The molecule has 2 amide bonds. The number of para-hydroxylation sites is 1. The molecular weight excluding hydrogens is 672 g/mol. The number of carbonyl (C=O) groups is 2. The summed E-state index contributed by atoms with van der Waals surface area (Å²) in [5.41, 5.74) is 8.24. The minimum atomic E-state index is -3.57. The zero-order valence-electron chi connectivity index (χ0n) is 28.5. The van der Waals surface area contributed by atoms with Crippen LogP contribution in [0.2, 0.25) is 5.02 Å². The number of nitrogens with zero attached hydrogens (tertiary/aromatic N) is 3. The molecule has 2 aromatic carbocycles. The number of nitrogens with one attached hydrogen (secondary N) is 2. The Kier molecular flexibility index (Phi) is 13.2. The largest absolute Gasteiger partial charge is 0.489 e. The van der Waals surface area contributed by atoms with Crippen molar-refractivity contribution >= 4 is 56.4 Å². The van der Waals surface area contributed by atoms with E-state index in [1.807, 2.05) is 32.9 Å². The first-order chi connectivity index (χ1) is 23.3. The molecule has 1 aliphatic rings. The van der Waals surface area contributed by atoms with Gasteiger partial charge in [-0.25, -0.2) is 13.4 Å². The quantitative estimate of drug-likeness (QED) is 0.168. The van der Waals surface area contributed by atoms with Crippen LogP contribution in [0, 0.1) is 6.92 Å². The minimum absolute atomic E-state index is 0.0517. The van der Waals surface area contributed by atoms with Gasteiger partial charge < -0.3 is 35.5 Å². The number of piperidine rings is 1. The van der Waals surface area contributed by atoms with Gasteiger partial charge in [-0.1, -0.05) is 23.7 Å². The Balaban J connectivity index is 1.46. The molecule has 1 fully saturated rings.